The number of hydrogen-bond acceptors (Lipinski definition) is 4. The molecule has 1 atom stereocenters. The molecule has 2 rings (SSSR count). The Kier molecular flexibility index (Phi) is 4.35. The Balaban J connectivity index is 2.34. The van der Waals surface area contributed by atoms with Gasteiger partial charge < -0.3 is 14.3 Å². The lowest BCUT2D eigenvalue weighted by molar-refractivity contribution is 0.102. The molecule has 0 fully saturated rings. The SMILES string of the molecule is COc1cc(Br)c(C2=NOC(CCl)C2)cc1OC. The van der Waals surface area contributed by atoms with Crippen molar-refractivity contribution in [1.29, 1.82) is 0 Å². The number of halogens is 2. The van der Waals surface area contributed by atoms with E-state index in [2.05, 4.69) is 21.1 Å². The first-order valence-corrected chi connectivity index (χ1v) is 6.73. The van der Waals surface area contributed by atoms with Gasteiger partial charge in [0, 0.05) is 16.5 Å². The molecule has 6 heteroatoms. The summed E-state index contributed by atoms with van der Waals surface area (Å²) in [5.74, 6) is 1.76. The number of oxime groups is 1. The fourth-order valence-electron chi connectivity index (χ4n) is 1.75. The van der Waals surface area contributed by atoms with Crippen LogP contribution in [0.4, 0.5) is 0 Å². The highest BCUT2D eigenvalue weighted by Gasteiger charge is 2.24. The van der Waals surface area contributed by atoms with Crippen molar-refractivity contribution in [3.8, 4) is 11.5 Å². The van der Waals surface area contributed by atoms with Crippen LogP contribution in [0.25, 0.3) is 0 Å². The smallest absolute Gasteiger partial charge is 0.161 e. The first-order chi connectivity index (χ1) is 8.69. The van der Waals surface area contributed by atoms with Crippen LogP contribution in [0.5, 0.6) is 11.5 Å². The van der Waals surface area contributed by atoms with E-state index in [-0.39, 0.29) is 6.10 Å². The maximum atomic E-state index is 5.75. The Bertz CT molecular complexity index is 479. The molecular weight excluding hydrogens is 321 g/mol. The molecule has 1 aliphatic rings. The maximum absolute atomic E-state index is 5.75. The predicted molar refractivity (Wildman–Crippen MR) is 74.0 cm³/mol. The van der Waals surface area contributed by atoms with Crippen LogP contribution in [0.1, 0.15) is 12.0 Å². The second-order valence-electron chi connectivity index (χ2n) is 3.81. The van der Waals surface area contributed by atoms with Crippen LogP contribution in [0.15, 0.2) is 21.8 Å². The highest BCUT2D eigenvalue weighted by molar-refractivity contribution is 9.10. The fourth-order valence-corrected chi connectivity index (χ4v) is 2.46. The van der Waals surface area contributed by atoms with E-state index >= 15 is 0 Å². The second kappa shape index (κ2) is 5.80. The van der Waals surface area contributed by atoms with Crippen molar-refractivity contribution in [1.82, 2.24) is 0 Å². The molecule has 0 amide bonds. The number of alkyl halides is 1. The fraction of sp³-hybridized carbons (Fsp3) is 0.417. The minimum atomic E-state index is -0.0540. The molecule has 0 aromatic heterocycles. The number of rotatable bonds is 4. The van der Waals surface area contributed by atoms with Gasteiger partial charge in [0.15, 0.2) is 11.5 Å². The molecule has 0 N–H and O–H groups in total. The van der Waals surface area contributed by atoms with Crippen LogP contribution in [-0.2, 0) is 4.84 Å². The Labute approximate surface area is 119 Å². The third-order valence-corrected chi connectivity index (χ3v) is 3.69. The Morgan fingerprint density at radius 1 is 1.39 bits per heavy atom. The zero-order chi connectivity index (χ0) is 13.1. The average Bonchev–Trinajstić information content (AvgIpc) is 2.86. The van der Waals surface area contributed by atoms with Gasteiger partial charge in [-0.05, 0) is 28.1 Å². The van der Waals surface area contributed by atoms with Crippen LogP contribution < -0.4 is 9.47 Å². The van der Waals surface area contributed by atoms with Gasteiger partial charge in [0.2, 0.25) is 0 Å². The number of ether oxygens (including phenoxy) is 2. The Morgan fingerprint density at radius 3 is 2.61 bits per heavy atom. The van der Waals surface area contributed by atoms with Gasteiger partial charge in [-0.3, -0.25) is 0 Å². The zero-order valence-corrected chi connectivity index (χ0v) is 12.4. The summed E-state index contributed by atoms with van der Waals surface area (Å²) < 4.78 is 11.4. The van der Waals surface area contributed by atoms with E-state index in [1.54, 1.807) is 14.2 Å². The first-order valence-electron chi connectivity index (χ1n) is 5.40. The Hall–Kier alpha value is -0.940. The van der Waals surface area contributed by atoms with Crippen LogP contribution >= 0.6 is 27.5 Å². The van der Waals surface area contributed by atoms with Gasteiger partial charge in [0.05, 0.1) is 25.8 Å². The monoisotopic (exact) mass is 333 g/mol. The van der Waals surface area contributed by atoms with Crippen LogP contribution in [0.2, 0.25) is 0 Å². The van der Waals surface area contributed by atoms with Crippen molar-refractivity contribution in [2.75, 3.05) is 20.1 Å². The zero-order valence-electron chi connectivity index (χ0n) is 10.1. The van der Waals surface area contributed by atoms with E-state index in [4.69, 9.17) is 25.9 Å². The molecule has 0 saturated carbocycles. The molecule has 98 valence electrons. The minimum Gasteiger partial charge on any atom is -0.493 e. The van der Waals surface area contributed by atoms with E-state index in [1.807, 2.05) is 12.1 Å². The topological polar surface area (TPSA) is 40.0 Å². The molecule has 1 aromatic carbocycles. The number of benzene rings is 1. The molecule has 0 saturated heterocycles. The molecule has 0 bridgehead atoms. The third-order valence-electron chi connectivity index (χ3n) is 2.69. The molecule has 0 radical (unpaired) electrons. The molecule has 1 aliphatic heterocycles. The highest BCUT2D eigenvalue weighted by atomic mass is 79.9. The summed E-state index contributed by atoms with van der Waals surface area (Å²) in [5.41, 5.74) is 1.79. The van der Waals surface area contributed by atoms with Gasteiger partial charge in [0.25, 0.3) is 0 Å². The van der Waals surface area contributed by atoms with E-state index < -0.39 is 0 Å². The largest absolute Gasteiger partial charge is 0.493 e. The summed E-state index contributed by atoms with van der Waals surface area (Å²) in [6, 6.07) is 3.73. The molecule has 0 spiro atoms. The van der Waals surface area contributed by atoms with Crippen LogP contribution in [0.3, 0.4) is 0 Å². The molecule has 18 heavy (non-hydrogen) atoms. The average molecular weight is 335 g/mol. The lowest BCUT2D eigenvalue weighted by Gasteiger charge is -2.11. The summed E-state index contributed by atoms with van der Waals surface area (Å²) in [7, 11) is 3.20. The van der Waals surface area contributed by atoms with Gasteiger partial charge in [-0.2, -0.15) is 0 Å². The molecule has 1 aromatic rings. The number of hydrogen-bond donors (Lipinski definition) is 0. The summed E-state index contributed by atoms with van der Waals surface area (Å²) >= 11 is 9.25. The highest BCUT2D eigenvalue weighted by Crippen LogP contribution is 2.35. The molecule has 1 unspecified atom stereocenters. The van der Waals surface area contributed by atoms with E-state index in [0.29, 0.717) is 23.8 Å². The predicted octanol–water partition coefficient (Wildman–Crippen LogP) is 3.20. The molecule has 1 heterocycles. The lowest BCUT2D eigenvalue weighted by Crippen LogP contribution is -2.10. The van der Waals surface area contributed by atoms with E-state index in [1.165, 1.54) is 0 Å². The van der Waals surface area contributed by atoms with Crippen molar-refractivity contribution in [2.24, 2.45) is 5.16 Å². The molecule has 4 nitrogen and oxygen atoms in total. The van der Waals surface area contributed by atoms with Crippen molar-refractivity contribution < 1.29 is 14.3 Å². The normalized spacial score (nSPS) is 18.2. The van der Waals surface area contributed by atoms with Gasteiger partial charge in [0.1, 0.15) is 6.10 Å². The van der Waals surface area contributed by atoms with E-state index in [9.17, 15) is 0 Å². The van der Waals surface area contributed by atoms with Gasteiger partial charge >= 0.3 is 0 Å². The lowest BCUT2D eigenvalue weighted by atomic mass is 10.0. The van der Waals surface area contributed by atoms with Crippen molar-refractivity contribution in [3.05, 3.63) is 22.2 Å². The minimum absolute atomic E-state index is 0.0540. The van der Waals surface area contributed by atoms with Gasteiger partial charge in [-0.15, -0.1) is 11.6 Å². The Morgan fingerprint density at radius 2 is 2.06 bits per heavy atom. The van der Waals surface area contributed by atoms with Crippen molar-refractivity contribution in [3.63, 3.8) is 0 Å². The summed E-state index contributed by atoms with van der Waals surface area (Å²) in [4.78, 5) is 5.22. The second-order valence-corrected chi connectivity index (χ2v) is 4.97. The van der Waals surface area contributed by atoms with Gasteiger partial charge in [-0.25, -0.2) is 0 Å². The summed E-state index contributed by atoms with van der Waals surface area (Å²) in [6.07, 6.45) is 0.638. The van der Waals surface area contributed by atoms with Crippen molar-refractivity contribution in [2.45, 2.75) is 12.5 Å². The van der Waals surface area contributed by atoms with Crippen LogP contribution in [0, 0.1) is 0 Å². The number of methoxy groups -OCH3 is 2. The van der Waals surface area contributed by atoms with E-state index in [0.717, 1.165) is 15.7 Å². The van der Waals surface area contributed by atoms with Crippen molar-refractivity contribution >= 4 is 33.2 Å². The number of nitrogens with zero attached hydrogens (tertiary/aromatic N) is 1. The van der Waals surface area contributed by atoms with Crippen LogP contribution in [-0.4, -0.2) is 31.9 Å². The quantitative estimate of drug-likeness (QED) is 0.794. The summed E-state index contributed by atoms with van der Waals surface area (Å²) in [6.45, 7) is 0. The summed E-state index contributed by atoms with van der Waals surface area (Å²) in [5, 5.41) is 4.06. The standard InChI is InChI=1S/C12H13BrClNO3/c1-16-11-4-8(9(13)5-12(11)17-2)10-3-7(6-14)18-15-10/h4-5,7H,3,6H2,1-2H3. The van der Waals surface area contributed by atoms with Gasteiger partial charge in [-0.1, -0.05) is 5.16 Å². The molecule has 0 aliphatic carbocycles. The third kappa shape index (κ3) is 2.57. The maximum Gasteiger partial charge on any atom is 0.161 e. The molecular formula is C12H13BrClNO3. The first kappa shape index (κ1) is 13.5.